The van der Waals surface area contributed by atoms with E-state index in [1.807, 2.05) is 38.1 Å². The lowest BCUT2D eigenvalue weighted by atomic mass is 10.2. The lowest BCUT2D eigenvalue weighted by molar-refractivity contribution is 0.687. The van der Waals surface area contributed by atoms with Gasteiger partial charge in [-0.15, -0.1) is 0 Å². The fourth-order valence-electron chi connectivity index (χ4n) is 0.912. The highest BCUT2D eigenvalue weighted by molar-refractivity contribution is 7.86. The van der Waals surface area contributed by atoms with E-state index in [4.69, 9.17) is 0 Å². The molecule has 0 fully saturated rings. The standard InChI is InChI=1S/C9H13NOS/c1-3-12(11)10-9-6-4-5-8(2)7-9/h4-7,10H,3H2,1-2H3. The van der Waals surface area contributed by atoms with Gasteiger partial charge in [-0.25, -0.2) is 4.21 Å². The largest absolute Gasteiger partial charge is 0.305 e. The van der Waals surface area contributed by atoms with Gasteiger partial charge in [0.05, 0.1) is 0 Å². The second kappa shape index (κ2) is 4.26. The first kappa shape index (κ1) is 9.26. The molecule has 0 aromatic heterocycles. The topological polar surface area (TPSA) is 29.1 Å². The summed E-state index contributed by atoms with van der Waals surface area (Å²) in [5.74, 6) is 0.633. The molecular weight excluding hydrogens is 170 g/mol. The van der Waals surface area contributed by atoms with Crippen molar-refractivity contribution in [3.05, 3.63) is 29.8 Å². The monoisotopic (exact) mass is 183 g/mol. The van der Waals surface area contributed by atoms with E-state index in [-0.39, 0.29) is 0 Å². The third-order valence-corrected chi connectivity index (χ3v) is 2.50. The minimum absolute atomic E-state index is 0.633. The van der Waals surface area contributed by atoms with Crippen LogP contribution in [0.15, 0.2) is 24.3 Å². The Hall–Kier alpha value is -0.830. The summed E-state index contributed by atoms with van der Waals surface area (Å²) >= 11 is 0. The van der Waals surface area contributed by atoms with E-state index in [9.17, 15) is 4.21 Å². The molecule has 3 heteroatoms. The summed E-state index contributed by atoms with van der Waals surface area (Å²) in [5, 5.41) is 0. The normalized spacial score (nSPS) is 12.5. The van der Waals surface area contributed by atoms with E-state index >= 15 is 0 Å². The van der Waals surface area contributed by atoms with Gasteiger partial charge < -0.3 is 4.72 Å². The molecular formula is C9H13NOS. The molecule has 0 radical (unpaired) electrons. The van der Waals surface area contributed by atoms with Gasteiger partial charge in [-0.05, 0) is 24.6 Å². The molecule has 66 valence electrons. The van der Waals surface area contributed by atoms with Gasteiger partial charge in [0.1, 0.15) is 11.0 Å². The smallest absolute Gasteiger partial charge is 0.116 e. The number of nitrogens with one attached hydrogen (secondary N) is 1. The second-order valence-corrected chi connectivity index (χ2v) is 4.08. The van der Waals surface area contributed by atoms with Gasteiger partial charge in [-0.2, -0.15) is 0 Å². The molecule has 0 saturated carbocycles. The van der Waals surface area contributed by atoms with Crippen molar-refractivity contribution in [2.45, 2.75) is 13.8 Å². The van der Waals surface area contributed by atoms with E-state index < -0.39 is 11.0 Å². The van der Waals surface area contributed by atoms with E-state index in [1.165, 1.54) is 5.56 Å². The van der Waals surface area contributed by atoms with Crippen molar-refractivity contribution in [3.8, 4) is 0 Å². The van der Waals surface area contributed by atoms with E-state index in [1.54, 1.807) is 0 Å². The fourth-order valence-corrected chi connectivity index (χ4v) is 1.45. The van der Waals surface area contributed by atoms with Crippen LogP contribution < -0.4 is 4.72 Å². The predicted octanol–water partition coefficient (Wildman–Crippen LogP) is 2.09. The Balaban J connectivity index is 2.69. The molecule has 0 saturated heterocycles. The van der Waals surface area contributed by atoms with Crippen molar-refractivity contribution >= 4 is 16.7 Å². The van der Waals surface area contributed by atoms with Crippen molar-refractivity contribution in [1.29, 1.82) is 0 Å². The van der Waals surface area contributed by atoms with Gasteiger partial charge in [0, 0.05) is 11.4 Å². The summed E-state index contributed by atoms with van der Waals surface area (Å²) in [6, 6.07) is 7.86. The van der Waals surface area contributed by atoms with Gasteiger partial charge in [0.25, 0.3) is 0 Å². The molecule has 0 bridgehead atoms. The molecule has 0 amide bonds. The second-order valence-electron chi connectivity index (χ2n) is 2.61. The van der Waals surface area contributed by atoms with Crippen LogP contribution in [0.1, 0.15) is 12.5 Å². The minimum atomic E-state index is -0.936. The highest BCUT2D eigenvalue weighted by atomic mass is 32.2. The average molecular weight is 183 g/mol. The van der Waals surface area contributed by atoms with E-state index in [0.717, 1.165) is 5.69 Å². The van der Waals surface area contributed by atoms with Crippen LogP contribution in [0.25, 0.3) is 0 Å². The zero-order valence-corrected chi connectivity index (χ0v) is 8.15. The summed E-state index contributed by atoms with van der Waals surface area (Å²) in [5.41, 5.74) is 2.10. The Kier molecular flexibility index (Phi) is 3.29. The maximum Gasteiger partial charge on any atom is 0.116 e. The zero-order chi connectivity index (χ0) is 8.97. The van der Waals surface area contributed by atoms with Gasteiger partial charge in [-0.3, -0.25) is 0 Å². The number of benzene rings is 1. The summed E-state index contributed by atoms with van der Waals surface area (Å²) in [4.78, 5) is 0. The average Bonchev–Trinajstić information content (AvgIpc) is 2.04. The third-order valence-electron chi connectivity index (χ3n) is 1.51. The van der Waals surface area contributed by atoms with Crippen LogP contribution in [0, 0.1) is 6.92 Å². The Labute approximate surface area is 75.6 Å². The lowest BCUT2D eigenvalue weighted by Crippen LogP contribution is -2.05. The summed E-state index contributed by atoms with van der Waals surface area (Å²) < 4.78 is 14.0. The van der Waals surface area contributed by atoms with Gasteiger partial charge in [0.15, 0.2) is 0 Å². The third kappa shape index (κ3) is 2.66. The first-order chi connectivity index (χ1) is 5.72. The molecule has 0 aliphatic rings. The summed E-state index contributed by atoms with van der Waals surface area (Å²) in [6.45, 7) is 3.90. The van der Waals surface area contributed by atoms with E-state index in [0.29, 0.717) is 5.75 Å². The Morgan fingerprint density at radius 2 is 2.25 bits per heavy atom. The van der Waals surface area contributed by atoms with Gasteiger partial charge in [-0.1, -0.05) is 19.1 Å². The SMILES string of the molecule is CCS(=O)Nc1cccc(C)c1. The van der Waals surface area contributed by atoms with Crippen LogP contribution in [0.5, 0.6) is 0 Å². The fraction of sp³-hybridized carbons (Fsp3) is 0.333. The molecule has 1 unspecified atom stereocenters. The van der Waals surface area contributed by atoms with Crippen LogP contribution in [-0.4, -0.2) is 9.96 Å². The number of anilines is 1. The Morgan fingerprint density at radius 1 is 1.50 bits per heavy atom. The molecule has 1 atom stereocenters. The molecule has 2 nitrogen and oxygen atoms in total. The molecule has 0 spiro atoms. The summed E-state index contributed by atoms with van der Waals surface area (Å²) in [7, 11) is -0.936. The van der Waals surface area contributed by atoms with Gasteiger partial charge >= 0.3 is 0 Å². The van der Waals surface area contributed by atoms with Crippen LogP contribution in [0.4, 0.5) is 5.69 Å². The molecule has 1 aromatic rings. The number of hydrogen-bond donors (Lipinski definition) is 1. The Bertz CT molecular complexity index is 286. The molecule has 1 N–H and O–H groups in total. The van der Waals surface area contributed by atoms with Crippen molar-refractivity contribution in [1.82, 2.24) is 0 Å². The summed E-state index contributed by atoms with van der Waals surface area (Å²) in [6.07, 6.45) is 0. The maximum absolute atomic E-state index is 11.1. The lowest BCUT2D eigenvalue weighted by Gasteiger charge is -2.03. The molecule has 12 heavy (non-hydrogen) atoms. The molecule has 0 aliphatic heterocycles. The molecule has 1 rings (SSSR count). The maximum atomic E-state index is 11.1. The molecule has 1 aromatic carbocycles. The molecule has 0 heterocycles. The number of hydrogen-bond acceptors (Lipinski definition) is 1. The Morgan fingerprint density at radius 3 is 2.83 bits per heavy atom. The van der Waals surface area contributed by atoms with Gasteiger partial charge in [0.2, 0.25) is 0 Å². The first-order valence-corrected chi connectivity index (χ1v) is 5.26. The van der Waals surface area contributed by atoms with Crippen LogP contribution in [0.3, 0.4) is 0 Å². The van der Waals surface area contributed by atoms with Crippen LogP contribution >= 0.6 is 0 Å². The highest BCUT2D eigenvalue weighted by Gasteiger charge is 1.95. The highest BCUT2D eigenvalue weighted by Crippen LogP contribution is 2.09. The van der Waals surface area contributed by atoms with Crippen molar-refractivity contribution in [2.75, 3.05) is 10.5 Å². The zero-order valence-electron chi connectivity index (χ0n) is 7.33. The number of aryl methyl sites for hydroxylation is 1. The van der Waals surface area contributed by atoms with Crippen molar-refractivity contribution < 1.29 is 4.21 Å². The van der Waals surface area contributed by atoms with Crippen molar-refractivity contribution in [3.63, 3.8) is 0 Å². The quantitative estimate of drug-likeness (QED) is 0.763. The minimum Gasteiger partial charge on any atom is -0.305 e. The van der Waals surface area contributed by atoms with Crippen LogP contribution in [-0.2, 0) is 11.0 Å². The first-order valence-electron chi connectivity index (χ1n) is 3.94. The predicted molar refractivity (Wildman–Crippen MR) is 53.5 cm³/mol. The van der Waals surface area contributed by atoms with Crippen molar-refractivity contribution in [2.24, 2.45) is 0 Å². The number of rotatable bonds is 3. The van der Waals surface area contributed by atoms with Crippen LogP contribution in [0.2, 0.25) is 0 Å². The molecule has 0 aliphatic carbocycles. The van der Waals surface area contributed by atoms with E-state index in [2.05, 4.69) is 4.72 Å².